The number of unbranched alkanes of at least 4 members (excludes halogenated alkanes) is 2. The fourth-order valence-electron chi connectivity index (χ4n) is 1.73. The molecule has 0 atom stereocenters. The Hall–Kier alpha value is -2.25. The number of aryl methyl sites for hydroxylation is 3. The first kappa shape index (κ1) is 14.2. The first-order chi connectivity index (χ1) is 9.78. The average molecular weight is 279 g/mol. The summed E-state index contributed by atoms with van der Waals surface area (Å²) in [6.45, 7) is 1.93. The van der Waals surface area contributed by atoms with Crippen molar-refractivity contribution in [3.8, 4) is 0 Å². The molecule has 0 fully saturated rings. The molecule has 0 radical (unpaired) electrons. The van der Waals surface area contributed by atoms with Crippen LogP contribution in [0.15, 0.2) is 8.83 Å². The molecule has 20 heavy (non-hydrogen) atoms. The SMILES string of the molecule is Cc1nnc(CCCCCc2nnc(COC=N)o2)o1. The van der Waals surface area contributed by atoms with Crippen molar-refractivity contribution in [3.63, 3.8) is 0 Å². The van der Waals surface area contributed by atoms with E-state index < -0.39 is 0 Å². The summed E-state index contributed by atoms with van der Waals surface area (Å²) in [5.41, 5.74) is 0. The fourth-order valence-corrected chi connectivity index (χ4v) is 1.73. The van der Waals surface area contributed by atoms with E-state index in [-0.39, 0.29) is 6.61 Å². The number of ether oxygens (including phenoxy) is 1. The number of aromatic nitrogens is 4. The van der Waals surface area contributed by atoms with E-state index in [1.807, 2.05) is 0 Å². The van der Waals surface area contributed by atoms with Gasteiger partial charge in [-0.25, -0.2) is 0 Å². The zero-order valence-corrected chi connectivity index (χ0v) is 11.3. The van der Waals surface area contributed by atoms with Crippen LogP contribution in [0, 0.1) is 12.3 Å². The highest BCUT2D eigenvalue weighted by Crippen LogP contribution is 2.09. The van der Waals surface area contributed by atoms with E-state index in [9.17, 15) is 0 Å². The summed E-state index contributed by atoms with van der Waals surface area (Å²) in [6.07, 6.45) is 5.35. The van der Waals surface area contributed by atoms with Crippen molar-refractivity contribution >= 4 is 6.40 Å². The van der Waals surface area contributed by atoms with Gasteiger partial charge in [-0.15, -0.1) is 20.4 Å². The van der Waals surface area contributed by atoms with Crippen molar-refractivity contribution < 1.29 is 13.6 Å². The van der Waals surface area contributed by atoms with Crippen molar-refractivity contribution in [1.29, 1.82) is 5.41 Å². The number of hydrogen-bond acceptors (Lipinski definition) is 8. The van der Waals surface area contributed by atoms with Crippen molar-refractivity contribution in [2.45, 2.75) is 45.6 Å². The van der Waals surface area contributed by atoms with Gasteiger partial charge in [-0.3, -0.25) is 5.41 Å². The third-order valence-electron chi connectivity index (χ3n) is 2.65. The lowest BCUT2D eigenvalue weighted by molar-refractivity contribution is 0.256. The largest absolute Gasteiger partial charge is 0.474 e. The summed E-state index contributed by atoms with van der Waals surface area (Å²) in [5.74, 6) is 2.28. The lowest BCUT2D eigenvalue weighted by atomic mass is 10.1. The molecule has 2 rings (SSSR count). The average Bonchev–Trinajstić information content (AvgIpc) is 3.05. The molecule has 0 unspecified atom stereocenters. The van der Waals surface area contributed by atoms with Gasteiger partial charge >= 0.3 is 0 Å². The minimum atomic E-state index is 0.146. The maximum absolute atomic E-state index is 6.73. The van der Waals surface area contributed by atoms with E-state index in [4.69, 9.17) is 19.0 Å². The van der Waals surface area contributed by atoms with Gasteiger partial charge in [0, 0.05) is 19.8 Å². The first-order valence-corrected chi connectivity index (χ1v) is 6.48. The Morgan fingerprint density at radius 1 is 0.950 bits per heavy atom. The maximum Gasteiger partial charge on any atom is 0.253 e. The molecule has 8 nitrogen and oxygen atoms in total. The summed E-state index contributed by atoms with van der Waals surface area (Å²) in [7, 11) is 0. The van der Waals surface area contributed by atoms with Gasteiger partial charge in [0.05, 0.1) is 0 Å². The molecule has 0 saturated heterocycles. The number of hydrogen-bond donors (Lipinski definition) is 1. The number of nitrogens with one attached hydrogen (secondary N) is 1. The van der Waals surface area contributed by atoms with E-state index in [1.165, 1.54) is 0 Å². The molecule has 8 heteroatoms. The Balaban J connectivity index is 1.60. The van der Waals surface area contributed by atoms with Gasteiger partial charge in [0.25, 0.3) is 5.89 Å². The highest BCUT2D eigenvalue weighted by molar-refractivity contribution is 5.40. The van der Waals surface area contributed by atoms with Crippen molar-refractivity contribution in [2.75, 3.05) is 0 Å². The molecule has 0 aliphatic rings. The van der Waals surface area contributed by atoms with Crippen LogP contribution in [-0.2, 0) is 24.2 Å². The molecular formula is C12H17N5O3. The van der Waals surface area contributed by atoms with Crippen LogP contribution in [-0.4, -0.2) is 26.8 Å². The molecule has 0 aliphatic carbocycles. The van der Waals surface area contributed by atoms with E-state index in [1.54, 1.807) is 6.92 Å². The molecule has 1 N–H and O–H groups in total. The normalized spacial score (nSPS) is 10.7. The van der Waals surface area contributed by atoms with E-state index in [0.29, 0.717) is 23.6 Å². The molecule has 108 valence electrons. The molecule has 2 aromatic rings. The molecule has 0 spiro atoms. The van der Waals surface area contributed by atoms with Gasteiger partial charge in [-0.2, -0.15) is 0 Å². The second kappa shape index (κ2) is 7.37. The smallest absolute Gasteiger partial charge is 0.253 e. The lowest BCUT2D eigenvalue weighted by Gasteiger charge is -1.96. The Kier molecular flexibility index (Phi) is 5.22. The highest BCUT2D eigenvalue weighted by atomic mass is 16.5. The van der Waals surface area contributed by atoms with E-state index >= 15 is 0 Å². The maximum atomic E-state index is 6.73. The minimum Gasteiger partial charge on any atom is -0.474 e. The topological polar surface area (TPSA) is 111 Å². The molecule has 0 aliphatic heterocycles. The molecule has 0 saturated carbocycles. The molecule has 2 aromatic heterocycles. The summed E-state index contributed by atoms with van der Waals surface area (Å²) in [6, 6.07) is 0. The van der Waals surface area contributed by atoms with Crippen LogP contribution in [0.1, 0.15) is 42.8 Å². The van der Waals surface area contributed by atoms with Gasteiger partial charge < -0.3 is 13.6 Å². The molecule has 0 amide bonds. The number of rotatable bonds is 9. The fraction of sp³-hybridized carbons (Fsp3) is 0.583. The Morgan fingerprint density at radius 2 is 1.60 bits per heavy atom. The van der Waals surface area contributed by atoms with Gasteiger partial charge in [0.15, 0.2) is 13.0 Å². The molecule has 0 bridgehead atoms. The van der Waals surface area contributed by atoms with Crippen LogP contribution in [0.3, 0.4) is 0 Å². The Morgan fingerprint density at radius 3 is 2.25 bits per heavy atom. The lowest BCUT2D eigenvalue weighted by Crippen LogP contribution is -1.89. The first-order valence-electron chi connectivity index (χ1n) is 6.48. The molecule has 0 aromatic carbocycles. The van der Waals surface area contributed by atoms with Crippen molar-refractivity contribution in [3.05, 3.63) is 23.6 Å². The van der Waals surface area contributed by atoms with E-state index in [2.05, 4.69) is 20.4 Å². The minimum absolute atomic E-state index is 0.146. The third-order valence-corrected chi connectivity index (χ3v) is 2.65. The summed E-state index contributed by atoms with van der Waals surface area (Å²) in [4.78, 5) is 0. The van der Waals surface area contributed by atoms with Crippen LogP contribution in [0.25, 0.3) is 0 Å². The zero-order valence-electron chi connectivity index (χ0n) is 11.3. The summed E-state index contributed by atoms with van der Waals surface area (Å²) < 4.78 is 15.4. The van der Waals surface area contributed by atoms with Crippen molar-refractivity contribution in [1.82, 2.24) is 20.4 Å². The second-order valence-corrected chi connectivity index (χ2v) is 4.29. The summed E-state index contributed by atoms with van der Waals surface area (Å²) >= 11 is 0. The predicted octanol–water partition coefficient (Wildman–Crippen LogP) is 1.84. The van der Waals surface area contributed by atoms with Crippen LogP contribution < -0.4 is 0 Å². The third kappa shape index (κ3) is 4.45. The van der Waals surface area contributed by atoms with Crippen LogP contribution in [0.2, 0.25) is 0 Å². The Labute approximate surface area is 116 Å². The quantitative estimate of drug-likeness (QED) is 0.423. The van der Waals surface area contributed by atoms with Gasteiger partial charge in [-0.1, -0.05) is 6.42 Å². The van der Waals surface area contributed by atoms with Crippen LogP contribution in [0.5, 0.6) is 0 Å². The summed E-state index contributed by atoms with van der Waals surface area (Å²) in [5, 5.41) is 22.2. The van der Waals surface area contributed by atoms with E-state index in [0.717, 1.165) is 38.5 Å². The van der Waals surface area contributed by atoms with Crippen LogP contribution in [0.4, 0.5) is 0 Å². The standard InChI is InChI=1S/C12H17N5O3/c1-9-14-15-10(19-9)5-3-2-4-6-11-16-17-12(20-11)7-18-8-13/h8,13H,2-7H2,1H3. The zero-order chi connectivity index (χ0) is 14.2. The Bertz CT molecular complexity index is 537. The van der Waals surface area contributed by atoms with Gasteiger partial charge in [0.1, 0.15) is 0 Å². The van der Waals surface area contributed by atoms with Gasteiger partial charge in [0.2, 0.25) is 17.7 Å². The monoisotopic (exact) mass is 279 g/mol. The number of nitrogens with zero attached hydrogens (tertiary/aromatic N) is 4. The van der Waals surface area contributed by atoms with Gasteiger partial charge in [-0.05, 0) is 12.8 Å². The molecular weight excluding hydrogens is 262 g/mol. The van der Waals surface area contributed by atoms with Crippen LogP contribution >= 0.6 is 0 Å². The highest BCUT2D eigenvalue weighted by Gasteiger charge is 2.06. The second-order valence-electron chi connectivity index (χ2n) is 4.29. The van der Waals surface area contributed by atoms with Crippen molar-refractivity contribution in [2.24, 2.45) is 0 Å². The predicted molar refractivity (Wildman–Crippen MR) is 68.2 cm³/mol. The molecule has 2 heterocycles.